The number of carbonyl (C=O) groups is 4. The number of nitrogens with one attached hydrogen (secondary N) is 1. The molecule has 3 unspecified atom stereocenters. The van der Waals surface area contributed by atoms with Crippen LogP contribution in [0.4, 0.5) is 16.2 Å². The number of rotatable bonds is 12. The number of carbonyl (C=O) groups excluding carboxylic acids is 4. The first-order valence-electron chi connectivity index (χ1n) is 20.0. The van der Waals surface area contributed by atoms with Crippen LogP contribution in [0.15, 0.2) is 36.4 Å². The van der Waals surface area contributed by atoms with E-state index >= 15 is 0 Å². The van der Waals surface area contributed by atoms with Crippen molar-refractivity contribution in [3.63, 3.8) is 0 Å². The van der Waals surface area contributed by atoms with E-state index < -0.39 is 36.3 Å². The molecular weight excluding hydrogens is 752 g/mol. The van der Waals surface area contributed by atoms with Crippen molar-refractivity contribution in [3.05, 3.63) is 47.5 Å². The molecule has 4 atom stereocenters. The van der Waals surface area contributed by atoms with E-state index in [2.05, 4.69) is 11.9 Å². The number of amides is 4. The number of benzene rings is 2. The number of fused-ring (bicyclic) bond motifs is 4. The average molecular weight is 807 g/mol. The molecule has 0 aliphatic carbocycles. The average Bonchev–Trinajstić information content (AvgIpc) is 3.52. The molecule has 3 fully saturated rings. The molecule has 0 spiro atoms. The summed E-state index contributed by atoms with van der Waals surface area (Å²) >= 11 is 0. The second-order valence-electron chi connectivity index (χ2n) is 16.0. The van der Waals surface area contributed by atoms with E-state index in [1.807, 2.05) is 0 Å². The topological polar surface area (TPSA) is 164 Å². The standard InChI is InChI=1S/C42H54N4O12/c1-25-18-30-40(57-36-12-8-11-16-56-36)46(41(50)58-42(2,3)4)29-22-35(33(52-6)20-27(29)39(49)45(30)23-25)55-15-10-7-9-14-54-34-21-28-26(19-32(34)51-5)38(48)44-13-17-53-24-31(44)37(47)43-28/h19-22,30-31,36,40H,1,7-18,23-24H2,2-6H3,(H,43,47)/t30-,31?,36?,40?/m0/s1. The van der Waals surface area contributed by atoms with Crippen molar-refractivity contribution in [1.82, 2.24) is 9.80 Å². The Morgan fingerprint density at radius 3 is 2.24 bits per heavy atom. The summed E-state index contributed by atoms with van der Waals surface area (Å²) in [5, 5.41) is 2.85. The lowest BCUT2D eigenvalue weighted by Crippen LogP contribution is -2.54. The minimum absolute atomic E-state index is 0.140. The molecular formula is C42H54N4O12. The van der Waals surface area contributed by atoms with Crippen molar-refractivity contribution in [1.29, 1.82) is 0 Å². The molecule has 16 nitrogen and oxygen atoms in total. The van der Waals surface area contributed by atoms with Gasteiger partial charge in [0.25, 0.3) is 11.8 Å². The van der Waals surface area contributed by atoms with Crippen LogP contribution in [0.1, 0.15) is 86.4 Å². The first-order valence-corrected chi connectivity index (χ1v) is 20.0. The fraction of sp³-hybridized carbons (Fsp3) is 0.571. The maximum absolute atomic E-state index is 14.3. The van der Waals surface area contributed by atoms with Crippen molar-refractivity contribution in [2.45, 2.75) is 95.9 Å². The Morgan fingerprint density at radius 1 is 0.879 bits per heavy atom. The highest BCUT2D eigenvalue weighted by Crippen LogP contribution is 2.44. The van der Waals surface area contributed by atoms with Gasteiger partial charge in [-0.2, -0.15) is 0 Å². The summed E-state index contributed by atoms with van der Waals surface area (Å²) in [4.78, 5) is 59.4. The van der Waals surface area contributed by atoms with Gasteiger partial charge < -0.3 is 53.0 Å². The molecule has 58 heavy (non-hydrogen) atoms. The third kappa shape index (κ3) is 8.69. The number of anilines is 2. The Balaban J connectivity index is 1.04. The molecule has 314 valence electrons. The van der Waals surface area contributed by atoms with Gasteiger partial charge in [-0.3, -0.25) is 14.4 Å². The van der Waals surface area contributed by atoms with Gasteiger partial charge in [-0.05, 0) is 77.8 Å². The summed E-state index contributed by atoms with van der Waals surface area (Å²) in [7, 11) is 3.00. The van der Waals surface area contributed by atoms with Crippen LogP contribution in [0.3, 0.4) is 0 Å². The predicted octanol–water partition coefficient (Wildman–Crippen LogP) is 5.52. The lowest BCUT2D eigenvalue weighted by atomic mass is 10.1. The molecule has 0 aromatic heterocycles. The molecule has 2 aromatic rings. The summed E-state index contributed by atoms with van der Waals surface area (Å²) in [6.45, 7) is 11.9. The minimum atomic E-state index is -0.921. The van der Waals surface area contributed by atoms with Crippen LogP contribution in [0.25, 0.3) is 0 Å². The Labute approximate surface area is 338 Å². The normalized spacial score (nSPS) is 23.2. The molecule has 3 saturated heterocycles. The third-order valence-corrected chi connectivity index (χ3v) is 10.7. The minimum Gasteiger partial charge on any atom is -0.493 e. The van der Waals surface area contributed by atoms with E-state index in [0.29, 0.717) is 105 Å². The van der Waals surface area contributed by atoms with Crippen LogP contribution >= 0.6 is 0 Å². The van der Waals surface area contributed by atoms with Crippen molar-refractivity contribution >= 4 is 35.2 Å². The molecule has 1 N–H and O–H groups in total. The summed E-state index contributed by atoms with van der Waals surface area (Å²) in [6, 6.07) is 5.27. The van der Waals surface area contributed by atoms with E-state index in [1.54, 1.807) is 49.9 Å². The van der Waals surface area contributed by atoms with Gasteiger partial charge in [-0.1, -0.05) is 12.2 Å². The largest absolute Gasteiger partial charge is 0.493 e. The maximum Gasteiger partial charge on any atom is 0.417 e. The first kappa shape index (κ1) is 41.1. The van der Waals surface area contributed by atoms with E-state index in [9.17, 15) is 19.2 Å². The molecule has 4 amide bonds. The highest BCUT2D eigenvalue weighted by molar-refractivity contribution is 6.10. The van der Waals surface area contributed by atoms with E-state index in [4.69, 9.17) is 37.9 Å². The van der Waals surface area contributed by atoms with E-state index in [1.165, 1.54) is 24.0 Å². The van der Waals surface area contributed by atoms with Gasteiger partial charge in [0, 0.05) is 31.8 Å². The van der Waals surface area contributed by atoms with Crippen LogP contribution in [0.5, 0.6) is 23.0 Å². The van der Waals surface area contributed by atoms with Crippen molar-refractivity contribution in [2.24, 2.45) is 0 Å². The van der Waals surface area contributed by atoms with Crippen LogP contribution in [-0.4, -0.2) is 124 Å². The number of hydrogen-bond acceptors (Lipinski definition) is 12. The van der Waals surface area contributed by atoms with Crippen molar-refractivity contribution < 1.29 is 57.1 Å². The fourth-order valence-electron chi connectivity index (χ4n) is 7.89. The fourth-order valence-corrected chi connectivity index (χ4v) is 7.89. The molecule has 0 radical (unpaired) electrons. The van der Waals surface area contributed by atoms with Gasteiger partial charge in [0.05, 0.1) is 69.2 Å². The number of unbranched alkanes of at least 4 members (excludes halogenated alkanes) is 2. The quantitative estimate of drug-likeness (QED) is 0.211. The third-order valence-electron chi connectivity index (χ3n) is 10.7. The zero-order valence-electron chi connectivity index (χ0n) is 34.0. The lowest BCUT2D eigenvalue weighted by Gasteiger charge is -2.39. The highest BCUT2D eigenvalue weighted by Gasteiger charge is 2.49. The Bertz CT molecular complexity index is 1910. The molecule has 5 aliphatic heterocycles. The highest BCUT2D eigenvalue weighted by atomic mass is 16.7. The summed E-state index contributed by atoms with van der Waals surface area (Å²) in [6.07, 6.45) is 2.84. The SMILES string of the molecule is C=C1C[C@H]2C(OC3CCCCO3)N(C(=O)OC(C)(C)C)c3cc(OCCCCCOc4cc5c(cc4OC)C(=O)N4CCOCC4C(=O)N5)c(OC)cc3C(=O)N2C1. The zero-order valence-corrected chi connectivity index (χ0v) is 34.0. The van der Waals surface area contributed by atoms with Crippen molar-refractivity contribution in [2.75, 3.05) is 70.6 Å². The molecule has 16 heteroatoms. The molecule has 5 aliphatic rings. The van der Waals surface area contributed by atoms with Gasteiger partial charge in [0.15, 0.2) is 35.5 Å². The number of nitrogens with zero attached hydrogens (tertiary/aromatic N) is 3. The van der Waals surface area contributed by atoms with Crippen LogP contribution in [0, 0.1) is 0 Å². The second-order valence-corrected chi connectivity index (χ2v) is 16.0. The predicted molar refractivity (Wildman–Crippen MR) is 211 cm³/mol. The Kier molecular flexibility index (Phi) is 12.4. The van der Waals surface area contributed by atoms with Gasteiger partial charge >= 0.3 is 6.09 Å². The Hall–Kier alpha value is -5.06. The number of methoxy groups -OCH3 is 2. The second kappa shape index (κ2) is 17.4. The van der Waals surface area contributed by atoms with Crippen LogP contribution in [-0.2, 0) is 23.7 Å². The van der Waals surface area contributed by atoms with Crippen LogP contribution < -0.4 is 29.2 Å². The van der Waals surface area contributed by atoms with Gasteiger partial charge in [0.2, 0.25) is 5.91 Å². The van der Waals surface area contributed by atoms with Gasteiger partial charge in [-0.15, -0.1) is 0 Å². The summed E-state index contributed by atoms with van der Waals surface area (Å²) < 4.78 is 47.6. The van der Waals surface area contributed by atoms with E-state index in [-0.39, 0.29) is 29.9 Å². The zero-order chi connectivity index (χ0) is 41.1. The monoisotopic (exact) mass is 806 g/mol. The molecule has 0 bridgehead atoms. The van der Waals surface area contributed by atoms with Gasteiger partial charge in [0.1, 0.15) is 11.6 Å². The number of hydrogen-bond donors (Lipinski definition) is 1. The molecule has 7 rings (SSSR count). The molecule has 0 saturated carbocycles. The van der Waals surface area contributed by atoms with Gasteiger partial charge in [-0.25, -0.2) is 9.69 Å². The summed E-state index contributed by atoms with van der Waals surface area (Å²) in [5.74, 6) is 0.624. The first-order chi connectivity index (χ1) is 27.9. The number of morpholine rings is 1. The smallest absolute Gasteiger partial charge is 0.417 e. The molecule has 5 heterocycles. The van der Waals surface area contributed by atoms with E-state index in [0.717, 1.165) is 24.8 Å². The maximum atomic E-state index is 14.3. The van der Waals surface area contributed by atoms with Crippen molar-refractivity contribution in [3.8, 4) is 23.0 Å². The molecule has 2 aromatic carbocycles. The number of ether oxygens (including phenoxy) is 8. The summed E-state index contributed by atoms with van der Waals surface area (Å²) in [5.41, 5.74) is 1.26. The van der Waals surface area contributed by atoms with Crippen LogP contribution in [0.2, 0.25) is 0 Å². The lowest BCUT2D eigenvalue weighted by molar-refractivity contribution is -0.195. The Morgan fingerprint density at radius 2 is 1.57 bits per heavy atom.